The van der Waals surface area contributed by atoms with E-state index in [9.17, 15) is 8.42 Å². The molecule has 0 fully saturated rings. The van der Waals surface area contributed by atoms with E-state index in [-0.39, 0.29) is 10.9 Å². The molecule has 1 aromatic heterocycles. The summed E-state index contributed by atoms with van der Waals surface area (Å²) in [7, 11) is -3.24. The van der Waals surface area contributed by atoms with E-state index >= 15 is 0 Å². The van der Waals surface area contributed by atoms with Crippen molar-refractivity contribution in [3.8, 4) is 0 Å². The molecule has 0 aliphatic carbocycles. The largest absolute Gasteiger partial charge is 0.367 e. The molecule has 0 spiro atoms. The molecule has 1 unspecified atom stereocenters. The topological polar surface area (TPSA) is 72.0 Å². The summed E-state index contributed by atoms with van der Waals surface area (Å²) in [5.74, 6) is 1.11. The number of rotatable bonds is 4. The summed E-state index contributed by atoms with van der Waals surface area (Å²) in [6.07, 6.45) is 2.68. The Bertz CT molecular complexity index is 726. The Labute approximate surface area is 119 Å². The first-order valence-corrected chi connectivity index (χ1v) is 8.39. The molecule has 108 valence electrons. The number of sulfone groups is 1. The zero-order valence-electron chi connectivity index (χ0n) is 12.1. The Balaban J connectivity index is 2.55. The quantitative estimate of drug-likeness (QED) is 0.937. The maximum atomic E-state index is 11.7. The van der Waals surface area contributed by atoms with Crippen molar-refractivity contribution in [3.63, 3.8) is 0 Å². The van der Waals surface area contributed by atoms with E-state index in [2.05, 4.69) is 36.1 Å². The normalized spacial score (nSPS) is 13.7. The van der Waals surface area contributed by atoms with Gasteiger partial charge in [-0.15, -0.1) is 0 Å². The van der Waals surface area contributed by atoms with Crippen molar-refractivity contribution in [1.82, 2.24) is 9.97 Å². The highest BCUT2D eigenvalue weighted by molar-refractivity contribution is 7.90. The van der Waals surface area contributed by atoms with E-state index in [0.29, 0.717) is 11.7 Å². The fourth-order valence-corrected chi connectivity index (χ4v) is 2.41. The van der Waals surface area contributed by atoms with Gasteiger partial charge in [-0.1, -0.05) is 13.8 Å². The Kier molecular flexibility index (Phi) is 3.94. The lowest BCUT2D eigenvalue weighted by Gasteiger charge is -2.19. The summed E-state index contributed by atoms with van der Waals surface area (Å²) in [6.45, 7) is 6.30. The van der Waals surface area contributed by atoms with E-state index in [1.807, 2.05) is 0 Å². The van der Waals surface area contributed by atoms with Crippen LogP contribution in [0.25, 0.3) is 10.9 Å². The van der Waals surface area contributed by atoms with Crippen LogP contribution < -0.4 is 5.32 Å². The Hall–Kier alpha value is -1.69. The van der Waals surface area contributed by atoms with Crippen molar-refractivity contribution in [2.24, 2.45) is 5.92 Å². The van der Waals surface area contributed by atoms with Gasteiger partial charge in [-0.05, 0) is 31.0 Å². The first-order valence-electron chi connectivity index (χ1n) is 6.50. The van der Waals surface area contributed by atoms with Gasteiger partial charge in [0, 0.05) is 17.7 Å². The standard InChI is InChI=1S/C14H19N3O2S/c1-9(2)10(3)17-14-12-7-11(20(4,18)19)5-6-13(12)15-8-16-14/h5-10H,1-4H3,(H,15,16,17). The van der Waals surface area contributed by atoms with Gasteiger partial charge in [0.1, 0.15) is 12.1 Å². The highest BCUT2D eigenvalue weighted by Crippen LogP contribution is 2.24. The Morgan fingerprint density at radius 3 is 2.45 bits per heavy atom. The summed E-state index contributed by atoms with van der Waals surface area (Å²) in [4.78, 5) is 8.68. The molecule has 1 aromatic carbocycles. The number of benzene rings is 1. The van der Waals surface area contributed by atoms with Gasteiger partial charge in [-0.3, -0.25) is 0 Å². The van der Waals surface area contributed by atoms with Crippen molar-refractivity contribution in [3.05, 3.63) is 24.5 Å². The van der Waals surface area contributed by atoms with Crippen molar-refractivity contribution in [2.45, 2.75) is 31.7 Å². The molecule has 2 rings (SSSR count). The van der Waals surface area contributed by atoms with Gasteiger partial charge in [0.05, 0.1) is 10.4 Å². The molecule has 5 nitrogen and oxygen atoms in total. The van der Waals surface area contributed by atoms with Crippen LogP contribution in [0.2, 0.25) is 0 Å². The van der Waals surface area contributed by atoms with Gasteiger partial charge in [0.2, 0.25) is 0 Å². The number of nitrogens with one attached hydrogen (secondary N) is 1. The average molecular weight is 293 g/mol. The first-order chi connectivity index (χ1) is 9.29. The van der Waals surface area contributed by atoms with E-state index in [4.69, 9.17) is 0 Å². The van der Waals surface area contributed by atoms with E-state index < -0.39 is 9.84 Å². The van der Waals surface area contributed by atoms with Crippen LogP contribution in [-0.4, -0.2) is 30.7 Å². The average Bonchev–Trinajstić information content (AvgIpc) is 2.37. The molecule has 1 atom stereocenters. The lowest BCUT2D eigenvalue weighted by Crippen LogP contribution is -2.22. The highest BCUT2D eigenvalue weighted by atomic mass is 32.2. The third-order valence-corrected chi connectivity index (χ3v) is 4.51. The van der Waals surface area contributed by atoms with Crippen LogP contribution in [-0.2, 0) is 9.84 Å². The van der Waals surface area contributed by atoms with Gasteiger partial charge < -0.3 is 5.32 Å². The maximum Gasteiger partial charge on any atom is 0.175 e. The maximum absolute atomic E-state index is 11.7. The molecule has 6 heteroatoms. The molecule has 20 heavy (non-hydrogen) atoms. The second kappa shape index (κ2) is 5.36. The summed E-state index contributed by atoms with van der Waals surface area (Å²) in [5, 5.41) is 4.04. The van der Waals surface area contributed by atoms with Crippen LogP contribution in [0.1, 0.15) is 20.8 Å². The van der Waals surface area contributed by atoms with Gasteiger partial charge in [-0.25, -0.2) is 18.4 Å². The van der Waals surface area contributed by atoms with Crippen LogP contribution in [0.15, 0.2) is 29.4 Å². The van der Waals surface area contributed by atoms with Crippen LogP contribution in [0, 0.1) is 5.92 Å². The molecule has 0 aliphatic rings. The minimum Gasteiger partial charge on any atom is -0.367 e. The predicted octanol–water partition coefficient (Wildman–Crippen LogP) is 2.49. The molecule has 0 aliphatic heterocycles. The lowest BCUT2D eigenvalue weighted by atomic mass is 10.1. The SMILES string of the molecule is CC(C)C(C)Nc1ncnc2ccc(S(C)(=O)=O)cc12. The van der Waals surface area contributed by atoms with E-state index in [1.54, 1.807) is 18.2 Å². The number of aromatic nitrogens is 2. The minimum atomic E-state index is -3.24. The second-order valence-corrected chi connectivity index (χ2v) is 7.37. The number of anilines is 1. The molecule has 1 heterocycles. The fourth-order valence-electron chi connectivity index (χ4n) is 1.76. The van der Waals surface area contributed by atoms with Crippen molar-refractivity contribution < 1.29 is 8.42 Å². The molecule has 1 N–H and O–H groups in total. The molecule has 0 saturated carbocycles. The van der Waals surface area contributed by atoms with E-state index in [1.165, 1.54) is 12.6 Å². The van der Waals surface area contributed by atoms with Gasteiger partial charge >= 0.3 is 0 Å². The van der Waals surface area contributed by atoms with Crippen LogP contribution in [0.5, 0.6) is 0 Å². The number of hydrogen-bond acceptors (Lipinski definition) is 5. The summed E-state index contributed by atoms with van der Waals surface area (Å²) in [5.41, 5.74) is 0.728. The van der Waals surface area contributed by atoms with Crippen LogP contribution >= 0.6 is 0 Å². The second-order valence-electron chi connectivity index (χ2n) is 5.35. The third-order valence-electron chi connectivity index (χ3n) is 3.40. The number of nitrogens with zero attached hydrogens (tertiary/aromatic N) is 2. The van der Waals surface area contributed by atoms with Crippen molar-refractivity contribution in [2.75, 3.05) is 11.6 Å². The fraction of sp³-hybridized carbons (Fsp3) is 0.429. The predicted molar refractivity (Wildman–Crippen MR) is 80.6 cm³/mol. The van der Waals surface area contributed by atoms with Crippen molar-refractivity contribution >= 4 is 26.6 Å². The highest BCUT2D eigenvalue weighted by Gasteiger charge is 2.13. The molecule has 0 saturated heterocycles. The Morgan fingerprint density at radius 1 is 1.15 bits per heavy atom. The minimum absolute atomic E-state index is 0.231. The molecule has 0 radical (unpaired) electrons. The Morgan fingerprint density at radius 2 is 1.85 bits per heavy atom. The third kappa shape index (κ3) is 3.07. The van der Waals surface area contributed by atoms with Gasteiger partial charge in [0.25, 0.3) is 0 Å². The van der Waals surface area contributed by atoms with E-state index in [0.717, 1.165) is 10.9 Å². The van der Waals surface area contributed by atoms with Crippen LogP contribution in [0.4, 0.5) is 5.82 Å². The summed E-state index contributed by atoms with van der Waals surface area (Å²) in [6, 6.07) is 5.13. The summed E-state index contributed by atoms with van der Waals surface area (Å²) >= 11 is 0. The van der Waals surface area contributed by atoms with Crippen LogP contribution in [0.3, 0.4) is 0 Å². The van der Waals surface area contributed by atoms with Crippen molar-refractivity contribution in [1.29, 1.82) is 0 Å². The first kappa shape index (κ1) is 14.7. The number of hydrogen-bond donors (Lipinski definition) is 1. The summed E-state index contributed by atoms with van der Waals surface area (Å²) < 4.78 is 23.3. The monoisotopic (exact) mass is 293 g/mol. The zero-order valence-corrected chi connectivity index (χ0v) is 12.9. The molecular formula is C14H19N3O2S. The molecule has 0 bridgehead atoms. The van der Waals surface area contributed by atoms with Gasteiger partial charge in [0.15, 0.2) is 9.84 Å². The molecule has 0 amide bonds. The number of fused-ring (bicyclic) bond motifs is 1. The molecule has 2 aromatic rings. The van der Waals surface area contributed by atoms with Gasteiger partial charge in [-0.2, -0.15) is 0 Å². The zero-order chi connectivity index (χ0) is 14.9. The smallest absolute Gasteiger partial charge is 0.175 e. The molecular weight excluding hydrogens is 274 g/mol. The lowest BCUT2D eigenvalue weighted by molar-refractivity contribution is 0.559.